The minimum absolute atomic E-state index is 0. The Labute approximate surface area is 151 Å². The van der Waals surface area contributed by atoms with E-state index in [-0.39, 0.29) is 30.7 Å². The minimum Gasteiger partial charge on any atom is -0.350 e. The largest absolute Gasteiger partial charge is 0.350 e. The zero-order valence-corrected chi connectivity index (χ0v) is 15.1. The molecule has 0 spiro atoms. The van der Waals surface area contributed by atoms with Crippen molar-refractivity contribution in [2.24, 2.45) is 0 Å². The number of carbonyl (C=O) groups is 1. The van der Waals surface area contributed by atoms with Crippen LogP contribution >= 0.6 is 24.8 Å². The van der Waals surface area contributed by atoms with Crippen LogP contribution in [0.4, 0.5) is 0 Å². The lowest BCUT2D eigenvalue weighted by Crippen LogP contribution is -2.37. The molecule has 2 aliphatic rings. The highest BCUT2D eigenvalue weighted by atomic mass is 35.5. The Kier molecular flexibility index (Phi) is 8.92. The van der Waals surface area contributed by atoms with Crippen LogP contribution in [-0.4, -0.2) is 43.0 Å². The molecule has 3 rings (SSSR count). The Hall–Kier alpha value is -0.810. The number of halogens is 2. The van der Waals surface area contributed by atoms with E-state index in [9.17, 15) is 4.79 Å². The van der Waals surface area contributed by atoms with Crippen LogP contribution < -0.4 is 10.6 Å². The molecule has 0 aromatic heterocycles. The third-order valence-electron chi connectivity index (χ3n) is 4.47. The Balaban J connectivity index is 0.00000132. The van der Waals surface area contributed by atoms with E-state index in [0.29, 0.717) is 6.04 Å². The minimum atomic E-state index is 0. The number of benzene rings is 1. The van der Waals surface area contributed by atoms with Crippen molar-refractivity contribution in [2.45, 2.75) is 38.3 Å². The van der Waals surface area contributed by atoms with Gasteiger partial charge in [0.05, 0.1) is 0 Å². The summed E-state index contributed by atoms with van der Waals surface area (Å²) in [5, 5.41) is 6.45. The van der Waals surface area contributed by atoms with Crippen LogP contribution in [0.3, 0.4) is 0 Å². The number of nitrogens with one attached hydrogen (secondary N) is 2. The molecule has 1 unspecified atom stereocenters. The normalized spacial score (nSPS) is 20.6. The number of rotatable bonds is 5. The van der Waals surface area contributed by atoms with Crippen LogP contribution in [0.25, 0.3) is 0 Å². The number of hydrogen-bond donors (Lipinski definition) is 2. The Morgan fingerprint density at radius 1 is 1.22 bits per heavy atom. The van der Waals surface area contributed by atoms with E-state index in [1.54, 1.807) is 0 Å². The summed E-state index contributed by atoms with van der Waals surface area (Å²) >= 11 is 0. The van der Waals surface area contributed by atoms with Gasteiger partial charge in [0.15, 0.2) is 0 Å². The highest BCUT2D eigenvalue weighted by molar-refractivity contribution is 5.94. The van der Waals surface area contributed by atoms with Gasteiger partial charge < -0.3 is 10.6 Å². The molecule has 23 heavy (non-hydrogen) atoms. The van der Waals surface area contributed by atoms with Crippen LogP contribution in [0.15, 0.2) is 24.3 Å². The van der Waals surface area contributed by atoms with Gasteiger partial charge >= 0.3 is 0 Å². The van der Waals surface area contributed by atoms with Gasteiger partial charge in [0.1, 0.15) is 0 Å². The first-order valence-corrected chi connectivity index (χ1v) is 8.14. The van der Waals surface area contributed by atoms with E-state index in [0.717, 1.165) is 31.6 Å². The molecule has 1 atom stereocenters. The van der Waals surface area contributed by atoms with Gasteiger partial charge in [-0.2, -0.15) is 0 Å². The van der Waals surface area contributed by atoms with Gasteiger partial charge in [-0.15, -0.1) is 24.8 Å². The maximum absolute atomic E-state index is 12.2. The first kappa shape index (κ1) is 20.2. The van der Waals surface area contributed by atoms with E-state index in [1.165, 1.54) is 37.9 Å². The molecule has 2 aliphatic heterocycles. The fourth-order valence-electron chi connectivity index (χ4n) is 3.26. The van der Waals surface area contributed by atoms with Crippen LogP contribution in [0.1, 0.15) is 41.6 Å². The molecule has 0 bridgehead atoms. The predicted molar refractivity (Wildman–Crippen MR) is 98.8 cm³/mol. The van der Waals surface area contributed by atoms with Crippen LogP contribution in [0.5, 0.6) is 0 Å². The van der Waals surface area contributed by atoms with E-state index >= 15 is 0 Å². The maximum atomic E-state index is 12.2. The zero-order chi connectivity index (χ0) is 14.5. The fraction of sp³-hybridized carbons (Fsp3) is 0.588. The lowest BCUT2D eigenvalue weighted by molar-refractivity contribution is 0.0950. The van der Waals surface area contributed by atoms with Gasteiger partial charge in [-0.05, 0) is 63.0 Å². The number of carbonyl (C=O) groups excluding carboxylic acids is 1. The number of hydrogen-bond acceptors (Lipinski definition) is 3. The quantitative estimate of drug-likeness (QED) is 0.849. The summed E-state index contributed by atoms with van der Waals surface area (Å²) in [5.41, 5.74) is 2.02. The molecule has 130 valence electrons. The smallest absolute Gasteiger partial charge is 0.251 e. The molecule has 6 heteroatoms. The molecule has 2 N–H and O–H groups in total. The summed E-state index contributed by atoms with van der Waals surface area (Å²) in [5.74, 6) is 0.0481. The molecule has 4 nitrogen and oxygen atoms in total. The van der Waals surface area contributed by atoms with Gasteiger partial charge in [0.2, 0.25) is 0 Å². The molecule has 0 aliphatic carbocycles. The van der Waals surface area contributed by atoms with E-state index in [2.05, 4.69) is 21.6 Å². The second-order valence-electron chi connectivity index (χ2n) is 6.19. The first-order valence-electron chi connectivity index (χ1n) is 8.14. The van der Waals surface area contributed by atoms with E-state index in [1.807, 2.05) is 18.2 Å². The maximum Gasteiger partial charge on any atom is 0.251 e. The monoisotopic (exact) mass is 359 g/mol. The van der Waals surface area contributed by atoms with Gasteiger partial charge in [-0.25, -0.2) is 0 Å². The summed E-state index contributed by atoms with van der Waals surface area (Å²) in [6.45, 7) is 5.14. The third-order valence-corrected chi connectivity index (χ3v) is 4.47. The van der Waals surface area contributed by atoms with Crippen LogP contribution in [0, 0.1) is 0 Å². The average Bonchev–Trinajstić information content (AvgIpc) is 3.18. The van der Waals surface area contributed by atoms with Crippen molar-refractivity contribution in [3.8, 4) is 0 Å². The lowest BCUT2D eigenvalue weighted by Gasteiger charge is -2.15. The summed E-state index contributed by atoms with van der Waals surface area (Å²) in [6, 6.07) is 8.50. The molecule has 1 aromatic rings. The van der Waals surface area contributed by atoms with Crippen molar-refractivity contribution in [2.75, 3.05) is 26.2 Å². The van der Waals surface area contributed by atoms with Crippen molar-refractivity contribution >= 4 is 30.7 Å². The third kappa shape index (κ3) is 5.96. The topological polar surface area (TPSA) is 44.4 Å². The standard InChI is InChI=1S/C17H25N3O.2ClH/c21-17(19-12-16-7-4-8-18-16)15-6-3-5-14(11-15)13-20-9-1-2-10-20;;/h3,5-6,11,16,18H,1-2,4,7-10,12-13H2,(H,19,21);2*1H. The molecule has 0 saturated carbocycles. The van der Waals surface area contributed by atoms with Gasteiger partial charge in [-0.1, -0.05) is 12.1 Å². The van der Waals surface area contributed by atoms with Crippen LogP contribution in [-0.2, 0) is 6.54 Å². The predicted octanol–water partition coefficient (Wildman–Crippen LogP) is 2.61. The average molecular weight is 360 g/mol. The van der Waals surface area contributed by atoms with Gasteiger partial charge in [0.25, 0.3) is 5.91 Å². The number of likely N-dealkylation sites (tertiary alicyclic amines) is 1. The first-order chi connectivity index (χ1) is 10.3. The lowest BCUT2D eigenvalue weighted by atomic mass is 10.1. The highest BCUT2D eigenvalue weighted by Crippen LogP contribution is 2.14. The van der Waals surface area contributed by atoms with Gasteiger partial charge in [-0.3, -0.25) is 9.69 Å². The molecule has 1 aromatic carbocycles. The molecular weight excluding hydrogens is 333 g/mol. The van der Waals surface area contributed by atoms with E-state index < -0.39 is 0 Å². The molecule has 2 saturated heterocycles. The highest BCUT2D eigenvalue weighted by Gasteiger charge is 2.16. The summed E-state index contributed by atoms with van der Waals surface area (Å²) in [6.07, 6.45) is 4.98. The fourth-order valence-corrected chi connectivity index (χ4v) is 3.26. The molecule has 0 radical (unpaired) electrons. The SMILES string of the molecule is Cl.Cl.O=C(NCC1CCCN1)c1cccc(CN2CCCC2)c1. The van der Waals surface area contributed by atoms with Crippen molar-refractivity contribution in [3.63, 3.8) is 0 Å². The Morgan fingerprint density at radius 3 is 2.70 bits per heavy atom. The van der Waals surface area contributed by atoms with Crippen molar-refractivity contribution in [1.29, 1.82) is 0 Å². The number of amides is 1. The van der Waals surface area contributed by atoms with E-state index in [4.69, 9.17) is 0 Å². The molecular formula is C17H27Cl2N3O. The van der Waals surface area contributed by atoms with Gasteiger partial charge in [0, 0.05) is 24.7 Å². The van der Waals surface area contributed by atoms with Crippen molar-refractivity contribution in [1.82, 2.24) is 15.5 Å². The molecule has 1 amide bonds. The summed E-state index contributed by atoms with van der Waals surface area (Å²) < 4.78 is 0. The molecule has 2 fully saturated rings. The summed E-state index contributed by atoms with van der Waals surface area (Å²) in [4.78, 5) is 14.7. The number of nitrogens with zero attached hydrogens (tertiary/aromatic N) is 1. The van der Waals surface area contributed by atoms with Crippen molar-refractivity contribution in [3.05, 3.63) is 35.4 Å². The summed E-state index contributed by atoms with van der Waals surface area (Å²) in [7, 11) is 0. The van der Waals surface area contributed by atoms with Crippen molar-refractivity contribution < 1.29 is 4.79 Å². The second kappa shape index (κ2) is 10.1. The second-order valence-corrected chi connectivity index (χ2v) is 6.19. The Morgan fingerprint density at radius 2 is 2.00 bits per heavy atom. The van der Waals surface area contributed by atoms with Crippen LogP contribution in [0.2, 0.25) is 0 Å². The Bertz CT molecular complexity index is 486. The zero-order valence-electron chi connectivity index (χ0n) is 13.4. The molecule has 2 heterocycles.